The number of nitrogens with zero attached hydrogens (tertiary/aromatic N) is 3. The van der Waals surface area contributed by atoms with Gasteiger partial charge in [-0.05, 0) is 36.8 Å². The maximum Gasteiger partial charge on any atom is 0.301 e. The second-order valence-corrected chi connectivity index (χ2v) is 9.51. The van der Waals surface area contributed by atoms with E-state index in [0.717, 1.165) is 4.31 Å². The van der Waals surface area contributed by atoms with Crippen molar-refractivity contribution >= 4 is 43.5 Å². The lowest BCUT2D eigenvalue weighted by Crippen LogP contribution is -2.30. The van der Waals surface area contributed by atoms with E-state index in [-0.39, 0.29) is 36.6 Å². The Labute approximate surface area is 182 Å². The van der Waals surface area contributed by atoms with Crippen LogP contribution in [-0.2, 0) is 16.8 Å². The number of halogens is 2. The minimum atomic E-state index is -3.86. The van der Waals surface area contributed by atoms with Crippen molar-refractivity contribution < 1.29 is 22.0 Å². The Morgan fingerprint density at radius 2 is 1.97 bits per heavy atom. The highest BCUT2D eigenvalue weighted by Gasteiger charge is 2.35. The quantitative estimate of drug-likeness (QED) is 0.458. The molecule has 0 unspecified atom stereocenters. The number of nitrogens with one attached hydrogen (secondary N) is 2. The zero-order valence-electron chi connectivity index (χ0n) is 17.2. The smallest absolute Gasteiger partial charge is 0.301 e. The van der Waals surface area contributed by atoms with Gasteiger partial charge < -0.3 is 4.57 Å². The molecule has 2 aromatic carbocycles. The summed E-state index contributed by atoms with van der Waals surface area (Å²) in [6, 6.07) is 5.67. The van der Waals surface area contributed by atoms with Crippen LogP contribution in [0.15, 0.2) is 30.5 Å². The molecular weight excluding hydrogens is 440 g/mol. The van der Waals surface area contributed by atoms with Crippen LogP contribution in [0.5, 0.6) is 0 Å². The van der Waals surface area contributed by atoms with Gasteiger partial charge in [-0.15, -0.1) is 0 Å². The van der Waals surface area contributed by atoms with Crippen molar-refractivity contribution in [1.29, 1.82) is 0 Å². The summed E-state index contributed by atoms with van der Waals surface area (Å²) in [6.07, 6.45) is 1.50. The monoisotopic (exact) mass is 459 g/mol. The summed E-state index contributed by atoms with van der Waals surface area (Å²) in [4.78, 5) is 12.8. The first-order valence-electron chi connectivity index (χ1n) is 9.89. The normalized spacial score (nSPS) is 15.8. The number of aromatic nitrogens is 3. The lowest BCUT2D eigenvalue weighted by Gasteiger charge is -2.17. The van der Waals surface area contributed by atoms with Crippen LogP contribution in [0.25, 0.3) is 21.8 Å². The number of ketones is 1. The zero-order chi connectivity index (χ0) is 22.8. The highest BCUT2D eigenvalue weighted by atomic mass is 32.2. The van der Waals surface area contributed by atoms with Crippen molar-refractivity contribution in [3.05, 3.63) is 58.9 Å². The molecule has 166 valence electrons. The third-order valence-electron chi connectivity index (χ3n) is 5.73. The predicted octanol–water partition coefficient (Wildman–Crippen LogP) is 3.01. The highest BCUT2D eigenvalue weighted by Crippen LogP contribution is 2.38. The fraction of sp³-hybridized carbons (Fsp3) is 0.238. The number of hydrogen-bond acceptors (Lipinski definition) is 4. The molecule has 11 heteroatoms. The molecule has 3 heterocycles. The minimum absolute atomic E-state index is 0.0707. The average Bonchev–Trinajstić information content (AvgIpc) is 3.38. The molecule has 5 rings (SSSR count). The van der Waals surface area contributed by atoms with E-state index in [0.29, 0.717) is 27.4 Å². The molecule has 1 aliphatic heterocycles. The van der Waals surface area contributed by atoms with E-state index in [1.165, 1.54) is 35.9 Å². The summed E-state index contributed by atoms with van der Waals surface area (Å²) in [5.41, 5.74) is 1.71. The van der Waals surface area contributed by atoms with Crippen molar-refractivity contribution in [2.45, 2.75) is 20.4 Å². The number of aromatic amines is 1. The molecular formula is C21H19F2N5O3S. The first-order chi connectivity index (χ1) is 15.2. The molecule has 8 nitrogen and oxygen atoms in total. The van der Waals surface area contributed by atoms with Gasteiger partial charge in [0.15, 0.2) is 5.78 Å². The molecule has 1 fully saturated rings. The van der Waals surface area contributed by atoms with Gasteiger partial charge in [0.05, 0.1) is 29.5 Å². The fourth-order valence-electron chi connectivity index (χ4n) is 4.24. The van der Waals surface area contributed by atoms with E-state index >= 15 is 0 Å². The molecule has 0 amide bonds. The molecule has 0 radical (unpaired) electrons. The van der Waals surface area contributed by atoms with Crippen LogP contribution >= 0.6 is 0 Å². The highest BCUT2D eigenvalue weighted by molar-refractivity contribution is 7.91. The number of carbonyl (C=O) groups is 1. The van der Waals surface area contributed by atoms with Gasteiger partial charge >= 0.3 is 10.2 Å². The number of Topliss-reactive ketones (excluding diaryl/α,β-unsaturated/α-hetero) is 1. The van der Waals surface area contributed by atoms with Gasteiger partial charge in [-0.25, -0.2) is 8.78 Å². The second kappa shape index (κ2) is 7.10. The summed E-state index contributed by atoms with van der Waals surface area (Å²) in [5, 5.41) is 7.67. The Bertz CT molecular complexity index is 1520. The first-order valence-corrected chi connectivity index (χ1v) is 11.3. The van der Waals surface area contributed by atoms with Crippen molar-refractivity contribution in [2.75, 3.05) is 17.4 Å². The predicted molar refractivity (Wildman–Crippen MR) is 116 cm³/mol. The zero-order valence-corrected chi connectivity index (χ0v) is 18.1. The molecule has 0 saturated carbocycles. The van der Waals surface area contributed by atoms with Crippen molar-refractivity contribution in [3.8, 4) is 0 Å². The molecule has 32 heavy (non-hydrogen) atoms. The summed E-state index contributed by atoms with van der Waals surface area (Å²) >= 11 is 0. The molecule has 1 aliphatic rings. The maximum atomic E-state index is 14.9. The molecule has 0 aliphatic carbocycles. The van der Waals surface area contributed by atoms with Gasteiger partial charge in [0.25, 0.3) is 0 Å². The number of H-pyrrole nitrogens is 1. The topological polar surface area (TPSA) is 100 Å². The lowest BCUT2D eigenvalue weighted by atomic mass is 10.1. The third-order valence-corrected chi connectivity index (χ3v) is 7.24. The van der Waals surface area contributed by atoms with Crippen LogP contribution in [0.4, 0.5) is 14.5 Å². The number of carbonyl (C=O) groups excluding carboxylic acids is 1. The van der Waals surface area contributed by atoms with Crippen LogP contribution in [0.2, 0.25) is 0 Å². The Hall–Kier alpha value is -3.31. The fourth-order valence-corrected chi connectivity index (χ4v) is 5.50. The molecule has 2 aromatic heterocycles. The summed E-state index contributed by atoms with van der Waals surface area (Å²) in [7, 11) is -3.86. The van der Waals surface area contributed by atoms with Crippen molar-refractivity contribution in [2.24, 2.45) is 0 Å². The van der Waals surface area contributed by atoms with Gasteiger partial charge in [0, 0.05) is 36.3 Å². The second-order valence-electron chi connectivity index (χ2n) is 7.83. The molecule has 0 atom stereocenters. The SMILES string of the molecule is CC(=O)c1c(N2CCNS2(=O)=O)c2cc(C)c(F)cc2n1Cc1cc2[nH]ncc2cc1F. The van der Waals surface area contributed by atoms with E-state index in [1.807, 2.05) is 0 Å². The van der Waals surface area contributed by atoms with Gasteiger partial charge in [0.1, 0.15) is 17.3 Å². The van der Waals surface area contributed by atoms with Gasteiger partial charge in [-0.2, -0.15) is 18.2 Å². The molecule has 0 bridgehead atoms. The lowest BCUT2D eigenvalue weighted by molar-refractivity contribution is 0.101. The van der Waals surface area contributed by atoms with E-state index in [9.17, 15) is 22.0 Å². The molecule has 4 aromatic rings. The van der Waals surface area contributed by atoms with Crippen LogP contribution in [-0.4, -0.2) is 42.1 Å². The van der Waals surface area contributed by atoms with Crippen molar-refractivity contribution in [1.82, 2.24) is 19.5 Å². The minimum Gasteiger partial charge on any atom is -0.332 e. The number of aryl methyl sites for hydroxylation is 1. The van der Waals surface area contributed by atoms with E-state index in [4.69, 9.17) is 0 Å². The van der Waals surface area contributed by atoms with Crippen LogP contribution in [0.1, 0.15) is 28.5 Å². The largest absolute Gasteiger partial charge is 0.332 e. The Morgan fingerprint density at radius 3 is 2.66 bits per heavy atom. The Kier molecular flexibility index (Phi) is 4.57. The number of benzene rings is 2. The number of hydrogen-bond donors (Lipinski definition) is 2. The standard InChI is InChI=1S/C21H19F2N5O3S/c1-11-5-15-19(8-16(11)22)27(10-14-7-18-13(6-17(14)23)9-24-26-18)20(12(2)29)21(15)28-4-3-25-32(28,30)31/h5-9,25H,3-4,10H2,1-2H3,(H,24,26). The van der Waals surface area contributed by atoms with Crippen LogP contribution < -0.4 is 9.03 Å². The van der Waals surface area contributed by atoms with Gasteiger partial charge in [0.2, 0.25) is 0 Å². The summed E-state index contributed by atoms with van der Waals surface area (Å²) < 4.78 is 59.7. The Balaban J connectivity index is 1.81. The average molecular weight is 459 g/mol. The number of fused-ring (bicyclic) bond motifs is 2. The Morgan fingerprint density at radius 1 is 1.19 bits per heavy atom. The summed E-state index contributed by atoms with van der Waals surface area (Å²) in [6.45, 7) is 3.06. The molecule has 2 N–H and O–H groups in total. The molecule has 1 saturated heterocycles. The van der Waals surface area contributed by atoms with Gasteiger partial charge in [-0.1, -0.05) is 0 Å². The third kappa shape index (κ3) is 3.07. The summed E-state index contributed by atoms with van der Waals surface area (Å²) in [5.74, 6) is -1.44. The maximum absolute atomic E-state index is 14.9. The van der Waals surface area contributed by atoms with E-state index in [1.54, 1.807) is 13.0 Å². The number of rotatable bonds is 4. The number of anilines is 1. The van der Waals surface area contributed by atoms with E-state index < -0.39 is 27.6 Å². The first kappa shape index (κ1) is 20.6. The molecule has 0 spiro atoms. The van der Waals surface area contributed by atoms with E-state index in [2.05, 4.69) is 14.9 Å². The van der Waals surface area contributed by atoms with Gasteiger partial charge in [-0.3, -0.25) is 14.2 Å². The van der Waals surface area contributed by atoms with Crippen LogP contribution in [0.3, 0.4) is 0 Å². The van der Waals surface area contributed by atoms with Crippen LogP contribution in [0, 0.1) is 18.6 Å². The van der Waals surface area contributed by atoms with Crippen molar-refractivity contribution in [3.63, 3.8) is 0 Å².